The number of nitrogens with two attached hydrogens (primary N) is 1. The molecule has 0 saturated carbocycles. The molecule has 0 aliphatic carbocycles. The number of hydrogen-bond acceptors (Lipinski definition) is 4. The summed E-state index contributed by atoms with van der Waals surface area (Å²) < 4.78 is 5.05. The predicted octanol–water partition coefficient (Wildman–Crippen LogP) is 1.60. The van der Waals surface area contributed by atoms with Gasteiger partial charge in [0.2, 0.25) is 0 Å². The second-order valence-corrected chi connectivity index (χ2v) is 5.37. The van der Waals surface area contributed by atoms with Crippen molar-refractivity contribution in [2.75, 3.05) is 20.2 Å². The van der Waals surface area contributed by atoms with Crippen LogP contribution < -0.4 is 10.5 Å². The standard InChI is InChI=1S/C15H22N2O3/c1-10-6-7-17(11(8-10)9-16)15(19)12-4-3-5-13(20-2)14(12)18/h3-5,10-11,18H,6-9,16H2,1-2H3. The number of ether oxygens (including phenoxy) is 1. The fourth-order valence-electron chi connectivity index (χ4n) is 2.76. The molecule has 1 aromatic carbocycles. The van der Waals surface area contributed by atoms with Gasteiger partial charge in [-0.15, -0.1) is 0 Å². The molecule has 1 fully saturated rings. The Hall–Kier alpha value is -1.75. The Morgan fingerprint density at radius 2 is 2.30 bits per heavy atom. The van der Waals surface area contributed by atoms with Gasteiger partial charge in [0.05, 0.1) is 12.7 Å². The summed E-state index contributed by atoms with van der Waals surface area (Å²) in [5.41, 5.74) is 6.06. The van der Waals surface area contributed by atoms with Gasteiger partial charge < -0.3 is 20.5 Å². The Balaban J connectivity index is 2.26. The molecule has 5 nitrogen and oxygen atoms in total. The van der Waals surface area contributed by atoms with Crippen molar-refractivity contribution in [1.29, 1.82) is 0 Å². The fraction of sp³-hybridized carbons (Fsp3) is 0.533. The normalized spacial score (nSPS) is 22.6. The third-order valence-electron chi connectivity index (χ3n) is 3.96. The van der Waals surface area contributed by atoms with Crippen LogP contribution in [0.15, 0.2) is 18.2 Å². The first-order chi connectivity index (χ1) is 9.58. The highest BCUT2D eigenvalue weighted by molar-refractivity contribution is 5.98. The minimum atomic E-state index is -0.177. The molecule has 1 amide bonds. The molecule has 2 unspecified atom stereocenters. The quantitative estimate of drug-likeness (QED) is 0.880. The van der Waals surface area contributed by atoms with E-state index in [0.717, 1.165) is 12.8 Å². The summed E-state index contributed by atoms with van der Waals surface area (Å²) in [6, 6.07) is 4.99. The van der Waals surface area contributed by atoms with Crippen LogP contribution in [0.4, 0.5) is 0 Å². The van der Waals surface area contributed by atoms with E-state index in [1.165, 1.54) is 7.11 Å². The maximum atomic E-state index is 12.6. The second-order valence-electron chi connectivity index (χ2n) is 5.37. The van der Waals surface area contributed by atoms with E-state index in [0.29, 0.717) is 24.8 Å². The van der Waals surface area contributed by atoms with E-state index in [1.807, 2.05) is 0 Å². The Bertz CT molecular complexity index is 490. The van der Waals surface area contributed by atoms with Crippen molar-refractivity contribution < 1.29 is 14.6 Å². The van der Waals surface area contributed by atoms with Crippen LogP contribution in [0.1, 0.15) is 30.1 Å². The molecule has 1 aromatic rings. The van der Waals surface area contributed by atoms with Crippen LogP contribution in [0.2, 0.25) is 0 Å². The monoisotopic (exact) mass is 278 g/mol. The lowest BCUT2D eigenvalue weighted by Crippen LogP contribution is -2.49. The lowest BCUT2D eigenvalue weighted by atomic mass is 9.92. The van der Waals surface area contributed by atoms with E-state index in [-0.39, 0.29) is 23.3 Å². The Morgan fingerprint density at radius 1 is 1.55 bits per heavy atom. The number of nitrogens with zero attached hydrogens (tertiary/aromatic N) is 1. The number of carbonyl (C=O) groups is 1. The summed E-state index contributed by atoms with van der Waals surface area (Å²) in [6.45, 7) is 3.30. The van der Waals surface area contributed by atoms with Crippen LogP contribution >= 0.6 is 0 Å². The van der Waals surface area contributed by atoms with E-state index in [1.54, 1.807) is 23.1 Å². The highest BCUT2D eigenvalue weighted by Gasteiger charge is 2.31. The van der Waals surface area contributed by atoms with Crippen molar-refractivity contribution in [3.8, 4) is 11.5 Å². The molecular formula is C15H22N2O3. The summed E-state index contributed by atoms with van der Waals surface area (Å²) in [6.07, 6.45) is 1.87. The van der Waals surface area contributed by atoms with Crippen LogP contribution in [-0.2, 0) is 0 Å². The van der Waals surface area contributed by atoms with Crippen molar-refractivity contribution in [3.63, 3.8) is 0 Å². The highest BCUT2D eigenvalue weighted by atomic mass is 16.5. The third-order valence-corrected chi connectivity index (χ3v) is 3.96. The minimum Gasteiger partial charge on any atom is -0.504 e. The van der Waals surface area contributed by atoms with Crippen molar-refractivity contribution in [2.24, 2.45) is 11.7 Å². The number of aromatic hydroxyl groups is 1. The molecule has 20 heavy (non-hydrogen) atoms. The van der Waals surface area contributed by atoms with Gasteiger partial charge in [-0.25, -0.2) is 0 Å². The maximum absolute atomic E-state index is 12.6. The molecule has 1 saturated heterocycles. The number of hydrogen-bond donors (Lipinski definition) is 2. The number of piperidine rings is 1. The number of carbonyl (C=O) groups excluding carboxylic acids is 1. The van der Waals surface area contributed by atoms with Crippen molar-refractivity contribution in [2.45, 2.75) is 25.8 Å². The molecule has 2 rings (SSSR count). The Morgan fingerprint density at radius 3 is 2.95 bits per heavy atom. The number of phenolic OH excluding ortho intramolecular Hbond substituents is 1. The van der Waals surface area contributed by atoms with E-state index >= 15 is 0 Å². The number of methoxy groups -OCH3 is 1. The minimum absolute atomic E-state index is 0.0388. The van der Waals surface area contributed by atoms with E-state index in [2.05, 4.69) is 6.92 Å². The van der Waals surface area contributed by atoms with Crippen LogP contribution in [0.25, 0.3) is 0 Å². The molecule has 3 N–H and O–H groups in total. The number of benzene rings is 1. The summed E-state index contributed by atoms with van der Waals surface area (Å²) in [7, 11) is 1.47. The summed E-state index contributed by atoms with van der Waals surface area (Å²) in [5, 5.41) is 10.1. The summed E-state index contributed by atoms with van der Waals surface area (Å²) in [5.74, 6) is 0.607. The van der Waals surface area contributed by atoms with Crippen molar-refractivity contribution >= 4 is 5.91 Å². The second kappa shape index (κ2) is 6.13. The molecule has 5 heteroatoms. The first-order valence-corrected chi connectivity index (χ1v) is 6.95. The maximum Gasteiger partial charge on any atom is 0.258 e. The zero-order valence-electron chi connectivity index (χ0n) is 12.0. The summed E-state index contributed by atoms with van der Waals surface area (Å²) in [4.78, 5) is 14.4. The molecule has 110 valence electrons. The van der Waals surface area contributed by atoms with Crippen molar-refractivity contribution in [3.05, 3.63) is 23.8 Å². The number of rotatable bonds is 3. The predicted molar refractivity (Wildman–Crippen MR) is 76.9 cm³/mol. The number of amides is 1. The van der Waals surface area contributed by atoms with E-state index < -0.39 is 0 Å². The number of para-hydroxylation sites is 1. The van der Waals surface area contributed by atoms with Gasteiger partial charge in [-0.1, -0.05) is 13.0 Å². The summed E-state index contributed by atoms with van der Waals surface area (Å²) >= 11 is 0. The lowest BCUT2D eigenvalue weighted by Gasteiger charge is -2.38. The smallest absolute Gasteiger partial charge is 0.258 e. The highest BCUT2D eigenvalue weighted by Crippen LogP contribution is 2.32. The van der Waals surface area contributed by atoms with Crippen molar-refractivity contribution in [1.82, 2.24) is 4.90 Å². The molecule has 0 spiro atoms. The van der Waals surface area contributed by atoms with Crippen LogP contribution in [0.5, 0.6) is 11.5 Å². The van der Waals surface area contributed by atoms with Gasteiger partial charge in [-0.2, -0.15) is 0 Å². The number of phenols is 1. The molecule has 1 heterocycles. The van der Waals surface area contributed by atoms with Gasteiger partial charge in [0.15, 0.2) is 11.5 Å². The zero-order chi connectivity index (χ0) is 14.7. The van der Waals surface area contributed by atoms with Gasteiger partial charge in [-0.05, 0) is 30.9 Å². The molecule has 1 aliphatic rings. The third kappa shape index (κ3) is 2.72. The molecule has 0 bridgehead atoms. The lowest BCUT2D eigenvalue weighted by molar-refractivity contribution is 0.0570. The molecular weight excluding hydrogens is 256 g/mol. The van der Waals surface area contributed by atoms with Crippen LogP contribution in [0, 0.1) is 5.92 Å². The number of likely N-dealkylation sites (tertiary alicyclic amines) is 1. The topological polar surface area (TPSA) is 75.8 Å². The Labute approximate surface area is 119 Å². The largest absolute Gasteiger partial charge is 0.504 e. The Kier molecular flexibility index (Phi) is 4.49. The van der Waals surface area contributed by atoms with Gasteiger partial charge in [0.1, 0.15) is 0 Å². The van der Waals surface area contributed by atoms with E-state index in [9.17, 15) is 9.90 Å². The fourth-order valence-corrected chi connectivity index (χ4v) is 2.76. The van der Waals surface area contributed by atoms with Gasteiger partial charge in [-0.3, -0.25) is 4.79 Å². The molecule has 1 aliphatic heterocycles. The van der Waals surface area contributed by atoms with Crippen LogP contribution in [0.3, 0.4) is 0 Å². The molecule has 0 radical (unpaired) electrons. The van der Waals surface area contributed by atoms with Gasteiger partial charge in [0, 0.05) is 19.1 Å². The first-order valence-electron chi connectivity index (χ1n) is 6.95. The van der Waals surface area contributed by atoms with Gasteiger partial charge in [0.25, 0.3) is 5.91 Å². The average molecular weight is 278 g/mol. The SMILES string of the molecule is COc1cccc(C(=O)N2CCC(C)CC2CN)c1O. The van der Waals surface area contributed by atoms with E-state index in [4.69, 9.17) is 10.5 Å². The van der Waals surface area contributed by atoms with Gasteiger partial charge >= 0.3 is 0 Å². The molecule has 0 aromatic heterocycles. The molecule has 2 atom stereocenters. The first kappa shape index (κ1) is 14.7. The van der Waals surface area contributed by atoms with Crippen LogP contribution in [-0.4, -0.2) is 42.2 Å². The average Bonchev–Trinajstić information content (AvgIpc) is 2.46. The zero-order valence-corrected chi connectivity index (χ0v) is 12.0.